The van der Waals surface area contributed by atoms with Crippen LogP contribution in [0.1, 0.15) is 71.1 Å². The molecule has 2 heteroatoms. The second kappa shape index (κ2) is 13.0. The molecule has 0 aliphatic carbocycles. The number of hydrogen-bond acceptors (Lipinski definition) is 2. The van der Waals surface area contributed by atoms with Gasteiger partial charge >= 0.3 is 0 Å². The number of rotatable bonds is 12. The fraction of sp³-hybridized carbons (Fsp3) is 1.00. The summed E-state index contributed by atoms with van der Waals surface area (Å²) in [6.07, 6.45) is 12.1. The number of hydrogen-bond donors (Lipinski definition) is 2. The lowest BCUT2D eigenvalue weighted by atomic mass is 9.95. The SMILES string of the molecule is CCCCCCCC(CO)CCCCCO. The highest BCUT2D eigenvalue weighted by molar-refractivity contribution is 4.59. The fourth-order valence-corrected chi connectivity index (χ4v) is 2.09. The zero-order valence-electron chi connectivity index (χ0n) is 11.0. The molecule has 0 spiro atoms. The summed E-state index contributed by atoms with van der Waals surface area (Å²) in [5.74, 6) is 0.500. The molecule has 16 heavy (non-hydrogen) atoms. The van der Waals surface area contributed by atoms with Gasteiger partial charge < -0.3 is 10.2 Å². The summed E-state index contributed by atoms with van der Waals surface area (Å²) in [6.45, 7) is 2.88. The molecule has 0 bridgehead atoms. The largest absolute Gasteiger partial charge is 0.396 e. The van der Waals surface area contributed by atoms with Crippen molar-refractivity contribution >= 4 is 0 Å². The van der Waals surface area contributed by atoms with Crippen LogP contribution in [0.2, 0.25) is 0 Å². The summed E-state index contributed by atoms with van der Waals surface area (Å²) in [7, 11) is 0. The van der Waals surface area contributed by atoms with Crippen molar-refractivity contribution in [1.29, 1.82) is 0 Å². The summed E-state index contributed by atoms with van der Waals surface area (Å²) < 4.78 is 0. The molecule has 2 nitrogen and oxygen atoms in total. The molecule has 0 aliphatic heterocycles. The Morgan fingerprint density at radius 2 is 1.31 bits per heavy atom. The van der Waals surface area contributed by atoms with Crippen LogP contribution < -0.4 is 0 Å². The second-order valence-corrected chi connectivity index (χ2v) is 4.82. The molecule has 1 atom stereocenters. The van der Waals surface area contributed by atoms with Crippen LogP contribution in [-0.4, -0.2) is 23.4 Å². The number of unbranched alkanes of at least 4 members (excludes halogenated alkanes) is 6. The van der Waals surface area contributed by atoms with E-state index in [9.17, 15) is 5.11 Å². The lowest BCUT2D eigenvalue weighted by Crippen LogP contribution is -2.06. The summed E-state index contributed by atoms with van der Waals surface area (Å²) in [6, 6.07) is 0. The molecule has 0 aliphatic rings. The van der Waals surface area contributed by atoms with Crippen LogP contribution in [0.5, 0.6) is 0 Å². The topological polar surface area (TPSA) is 40.5 Å². The highest BCUT2D eigenvalue weighted by atomic mass is 16.3. The van der Waals surface area contributed by atoms with Crippen LogP contribution >= 0.6 is 0 Å². The molecule has 0 saturated heterocycles. The predicted molar refractivity (Wildman–Crippen MR) is 69.5 cm³/mol. The molecular formula is C14H30O2. The third kappa shape index (κ3) is 10.4. The monoisotopic (exact) mass is 230 g/mol. The predicted octanol–water partition coefficient (Wildman–Crippen LogP) is 3.51. The maximum atomic E-state index is 9.24. The molecule has 0 amide bonds. The fourth-order valence-electron chi connectivity index (χ4n) is 2.09. The first-order valence-electron chi connectivity index (χ1n) is 7.06. The van der Waals surface area contributed by atoms with Gasteiger partial charge in [-0.05, 0) is 25.2 Å². The summed E-state index contributed by atoms with van der Waals surface area (Å²) >= 11 is 0. The molecular weight excluding hydrogens is 200 g/mol. The smallest absolute Gasteiger partial charge is 0.0459 e. The zero-order chi connectivity index (χ0) is 12.1. The van der Waals surface area contributed by atoms with Gasteiger partial charge in [0, 0.05) is 13.2 Å². The Labute approximate surface area is 101 Å². The van der Waals surface area contributed by atoms with Gasteiger partial charge in [0.2, 0.25) is 0 Å². The van der Waals surface area contributed by atoms with Crippen molar-refractivity contribution in [1.82, 2.24) is 0 Å². The van der Waals surface area contributed by atoms with Crippen molar-refractivity contribution in [2.75, 3.05) is 13.2 Å². The van der Waals surface area contributed by atoms with E-state index in [1.165, 1.54) is 38.5 Å². The summed E-state index contributed by atoms with van der Waals surface area (Å²) in [4.78, 5) is 0. The molecule has 0 aromatic carbocycles. The van der Waals surface area contributed by atoms with Gasteiger partial charge in [0.15, 0.2) is 0 Å². The maximum absolute atomic E-state index is 9.24. The van der Waals surface area contributed by atoms with Crippen LogP contribution in [-0.2, 0) is 0 Å². The lowest BCUT2D eigenvalue weighted by Gasteiger charge is -2.13. The molecule has 0 heterocycles. The number of aliphatic hydroxyl groups excluding tert-OH is 2. The van der Waals surface area contributed by atoms with Crippen LogP contribution in [0.25, 0.3) is 0 Å². The maximum Gasteiger partial charge on any atom is 0.0459 e. The van der Waals surface area contributed by atoms with E-state index in [4.69, 9.17) is 5.11 Å². The van der Waals surface area contributed by atoms with E-state index in [0.29, 0.717) is 19.1 Å². The minimum Gasteiger partial charge on any atom is -0.396 e. The van der Waals surface area contributed by atoms with E-state index in [-0.39, 0.29) is 0 Å². The Morgan fingerprint density at radius 3 is 1.81 bits per heavy atom. The Hall–Kier alpha value is -0.0800. The molecule has 0 radical (unpaired) electrons. The van der Waals surface area contributed by atoms with Crippen LogP contribution in [0.3, 0.4) is 0 Å². The molecule has 0 saturated carbocycles. The average Bonchev–Trinajstić information content (AvgIpc) is 2.31. The van der Waals surface area contributed by atoms with Crippen molar-refractivity contribution in [2.45, 2.75) is 71.1 Å². The van der Waals surface area contributed by atoms with Crippen LogP contribution in [0.4, 0.5) is 0 Å². The van der Waals surface area contributed by atoms with Crippen molar-refractivity contribution < 1.29 is 10.2 Å². The first-order valence-corrected chi connectivity index (χ1v) is 7.06. The highest BCUT2D eigenvalue weighted by Gasteiger charge is 2.06. The third-order valence-corrected chi connectivity index (χ3v) is 3.24. The zero-order valence-corrected chi connectivity index (χ0v) is 11.0. The molecule has 98 valence electrons. The average molecular weight is 230 g/mol. The summed E-state index contributed by atoms with van der Waals surface area (Å²) in [5, 5.41) is 17.9. The van der Waals surface area contributed by atoms with E-state index in [1.807, 2.05) is 0 Å². The summed E-state index contributed by atoms with van der Waals surface area (Å²) in [5.41, 5.74) is 0. The van der Waals surface area contributed by atoms with E-state index in [1.54, 1.807) is 0 Å². The van der Waals surface area contributed by atoms with E-state index in [2.05, 4.69) is 6.92 Å². The van der Waals surface area contributed by atoms with Gasteiger partial charge in [0.25, 0.3) is 0 Å². The van der Waals surface area contributed by atoms with Crippen molar-refractivity contribution in [3.05, 3.63) is 0 Å². The lowest BCUT2D eigenvalue weighted by molar-refractivity contribution is 0.202. The second-order valence-electron chi connectivity index (χ2n) is 4.82. The molecule has 0 fully saturated rings. The van der Waals surface area contributed by atoms with Gasteiger partial charge in [0.1, 0.15) is 0 Å². The van der Waals surface area contributed by atoms with Gasteiger partial charge in [-0.1, -0.05) is 51.9 Å². The van der Waals surface area contributed by atoms with Gasteiger partial charge in [0.05, 0.1) is 0 Å². The van der Waals surface area contributed by atoms with Crippen LogP contribution in [0.15, 0.2) is 0 Å². The van der Waals surface area contributed by atoms with E-state index in [0.717, 1.165) is 25.7 Å². The highest BCUT2D eigenvalue weighted by Crippen LogP contribution is 2.17. The molecule has 0 aromatic rings. The Kier molecular flexibility index (Phi) is 12.9. The quantitative estimate of drug-likeness (QED) is 0.504. The Bertz CT molecular complexity index is 126. The molecule has 0 rings (SSSR count). The standard InChI is InChI=1S/C14H30O2/c1-2-3-4-5-7-10-14(13-16)11-8-6-9-12-15/h14-16H,2-13H2,1H3. The van der Waals surface area contributed by atoms with Crippen LogP contribution in [0, 0.1) is 5.92 Å². The van der Waals surface area contributed by atoms with E-state index >= 15 is 0 Å². The first-order chi connectivity index (χ1) is 7.85. The molecule has 2 N–H and O–H groups in total. The van der Waals surface area contributed by atoms with Crippen molar-refractivity contribution in [3.8, 4) is 0 Å². The van der Waals surface area contributed by atoms with Gasteiger partial charge in [-0.25, -0.2) is 0 Å². The normalized spacial score (nSPS) is 12.9. The first kappa shape index (κ1) is 15.9. The van der Waals surface area contributed by atoms with Gasteiger partial charge in [-0.3, -0.25) is 0 Å². The third-order valence-electron chi connectivity index (χ3n) is 3.24. The number of aliphatic hydroxyl groups is 2. The van der Waals surface area contributed by atoms with Gasteiger partial charge in [-0.15, -0.1) is 0 Å². The van der Waals surface area contributed by atoms with Crippen molar-refractivity contribution in [3.63, 3.8) is 0 Å². The van der Waals surface area contributed by atoms with Gasteiger partial charge in [-0.2, -0.15) is 0 Å². The minimum atomic E-state index is 0.306. The minimum absolute atomic E-state index is 0.306. The Balaban J connectivity index is 3.29. The Morgan fingerprint density at radius 1 is 0.750 bits per heavy atom. The van der Waals surface area contributed by atoms with E-state index < -0.39 is 0 Å². The molecule has 1 unspecified atom stereocenters. The molecule has 0 aromatic heterocycles. The van der Waals surface area contributed by atoms with Crippen molar-refractivity contribution in [2.24, 2.45) is 5.92 Å².